The van der Waals surface area contributed by atoms with E-state index in [9.17, 15) is 13.2 Å². The highest BCUT2D eigenvalue weighted by molar-refractivity contribution is 7.89. The molecular formula is C26H28N2O5S. The summed E-state index contributed by atoms with van der Waals surface area (Å²) in [6.07, 6.45) is 0.245. The highest BCUT2D eigenvalue weighted by Gasteiger charge is 2.27. The molecule has 0 aliphatic carbocycles. The molecule has 1 aliphatic rings. The first-order valence-corrected chi connectivity index (χ1v) is 12.7. The summed E-state index contributed by atoms with van der Waals surface area (Å²) in [7, 11) is -3.73. The normalized spacial score (nSPS) is 15.4. The summed E-state index contributed by atoms with van der Waals surface area (Å²) in [6, 6.07) is 23.5. The van der Waals surface area contributed by atoms with Gasteiger partial charge < -0.3 is 14.8 Å². The molecule has 1 amide bonds. The number of para-hydroxylation sites is 1. The van der Waals surface area contributed by atoms with Gasteiger partial charge in [0.05, 0.1) is 23.8 Å². The number of morpholine rings is 1. The Hall–Kier alpha value is -3.20. The lowest BCUT2D eigenvalue weighted by atomic mass is 9.97. The lowest BCUT2D eigenvalue weighted by Crippen LogP contribution is -2.40. The van der Waals surface area contributed by atoms with Gasteiger partial charge in [-0.25, -0.2) is 8.42 Å². The summed E-state index contributed by atoms with van der Waals surface area (Å²) >= 11 is 0. The van der Waals surface area contributed by atoms with Gasteiger partial charge in [0.25, 0.3) is 0 Å². The maximum Gasteiger partial charge on any atom is 0.243 e. The van der Waals surface area contributed by atoms with E-state index in [0.29, 0.717) is 43.5 Å². The summed E-state index contributed by atoms with van der Waals surface area (Å²) in [5, 5.41) is 2.88. The van der Waals surface area contributed by atoms with E-state index in [0.717, 1.165) is 5.56 Å². The zero-order valence-electron chi connectivity index (χ0n) is 19.0. The molecule has 8 heteroatoms. The lowest BCUT2D eigenvalue weighted by Gasteiger charge is -2.26. The number of carbonyl (C=O) groups is 1. The molecule has 1 fully saturated rings. The van der Waals surface area contributed by atoms with Crippen molar-refractivity contribution in [2.45, 2.75) is 24.2 Å². The monoisotopic (exact) mass is 480 g/mol. The van der Waals surface area contributed by atoms with Crippen LogP contribution < -0.4 is 10.1 Å². The Morgan fingerprint density at radius 2 is 1.65 bits per heavy atom. The van der Waals surface area contributed by atoms with Crippen LogP contribution >= 0.6 is 0 Å². The Labute approximate surface area is 200 Å². The van der Waals surface area contributed by atoms with Gasteiger partial charge in [0, 0.05) is 19.5 Å². The molecule has 3 aromatic rings. The number of benzene rings is 3. The number of nitrogens with one attached hydrogen (secondary N) is 1. The fourth-order valence-electron chi connectivity index (χ4n) is 3.79. The van der Waals surface area contributed by atoms with E-state index in [2.05, 4.69) is 5.32 Å². The largest absolute Gasteiger partial charge is 0.455 e. The minimum absolute atomic E-state index is 0.0000399. The van der Waals surface area contributed by atoms with E-state index in [4.69, 9.17) is 9.47 Å². The third kappa shape index (κ3) is 5.83. The Morgan fingerprint density at radius 3 is 2.32 bits per heavy atom. The summed E-state index contributed by atoms with van der Waals surface area (Å²) in [5.74, 6) is 0.724. The molecule has 1 aliphatic heterocycles. The van der Waals surface area contributed by atoms with Crippen molar-refractivity contribution in [1.29, 1.82) is 0 Å². The van der Waals surface area contributed by atoms with Gasteiger partial charge in [-0.05, 0) is 41.8 Å². The predicted octanol–water partition coefficient (Wildman–Crippen LogP) is 4.63. The zero-order chi connectivity index (χ0) is 24.0. The van der Waals surface area contributed by atoms with E-state index < -0.39 is 10.0 Å². The third-order valence-electron chi connectivity index (χ3n) is 5.66. The smallest absolute Gasteiger partial charge is 0.243 e. The molecule has 4 rings (SSSR count). The molecule has 0 radical (unpaired) electrons. The fraction of sp³-hybridized carbons (Fsp3) is 0.269. The van der Waals surface area contributed by atoms with E-state index >= 15 is 0 Å². The molecule has 3 aromatic carbocycles. The van der Waals surface area contributed by atoms with Crippen LogP contribution in [0.25, 0.3) is 0 Å². The van der Waals surface area contributed by atoms with Crippen LogP contribution in [-0.4, -0.2) is 44.9 Å². The molecule has 1 saturated heterocycles. The highest BCUT2D eigenvalue weighted by atomic mass is 32.2. The number of rotatable bonds is 8. The van der Waals surface area contributed by atoms with Gasteiger partial charge in [-0.15, -0.1) is 0 Å². The molecule has 0 aromatic heterocycles. The Balaban J connectivity index is 1.60. The molecule has 34 heavy (non-hydrogen) atoms. The predicted molar refractivity (Wildman–Crippen MR) is 131 cm³/mol. The number of carbonyl (C=O) groups excluding carboxylic acids is 1. The second-order valence-electron chi connectivity index (χ2n) is 8.15. The first-order valence-electron chi connectivity index (χ1n) is 11.2. The van der Waals surface area contributed by atoms with Gasteiger partial charge in [-0.3, -0.25) is 4.79 Å². The van der Waals surface area contributed by atoms with Crippen molar-refractivity contribution < 1.29 is 22.7 Å². The number of ether oxygens (including phenoxy) is 2. The Morgan fingerprint density at radius 1 is 1.00 bits per heavy atom. The van der Waals surface area contributed by atoms with Crippen molar-refractivity contribution in [3.63, 3.8) is 0 Å². The molecule has 1 N–H and O–H groups in total. The van der Waals surface area contributed by atoms with Crippen LogP contribution in [0.5, 0.6) is 11.5 Å². The summed E-state index contributed by atoms with van der Waals surface area (Å²) in [4.78, 5) is 13.0. The maximum atomic E-state index is 13.2. The van der Waals surface area contributed by atoms with Gasteiger partial charge in [0.1, 0.15) is 5.75 Å². The fourth-order valence-corrected chi connectivity index (χ4v) is 5.22. The summed E-state index contributed by atoms with van der Waals surface area (Å²) in [5.41, 5.74) is 1.37. The first-order chi connectivity index (χ1) is 16.4. The number of nitrogens with zero attached hydrogens (tertiary/aromatic N) is 1. The first kappa shape index (κ1) is 23.9. The van der Waals surface area contributed by atoms with Crippen molar-refractivity contribution in [1.82, 2.24) is 4.31 Å². The zero-order valence-corrected chi connectivity index (χ0v) is 19.8. The van der Waals surface area contributed by atoms with E-state index in [1.54, 1.807) is 18.2 Å². The molecule has 178 valence electrons. The van der Waals surface area contributed by atoms with Crippen molar-refractivity contribution in [2.24, 2.45) is 0 Å². The van der Waals surface area contributed by atoms with Crippen LogP contribution in [0.15, 0.2) is 83.8 Å². The van der Waals surface area contributed by atoms with Crippen LogP contribution in [0.2, 0.25) is 0 Å². The number of hydrogen-bond donors (Lipinski definition) is 1. The number of amides is 1. The molecule has 1 unspecified atom stereocenters. The van der Waals surface area contributed by atoms with E-state index in [-0.39, 0.29) is 23.1 Å². The molecule has 1 atom stereocenters. The van der Waals surface area contributed by atoms with Gasteiger partial charge in [0.15, 0.2) is 5.75 Å². The topological polar surface area (TPSA) is 84.9 Å². The lowest BCUT2D eigenvalue weighted by molar-refractivity contribution is -0.116. The minimum Gasteiger partial charge on any atom is -0.455 e. The average Bonchev–Trinajstić information content (AvgIpc) is 2.86. The molecule has 7 nitrogen and oxygen atoms in total. The van der Waals surface area contributed by atoms with Crippen molar-refractivity contribution in [3.8, 4) is 11.5 Å². The van der Waals surface area contributed by atoms with Crippen LogP contribution in [0, 0.1) is 0 Å². The van der Waals surface area contributed by atoms with Gasteiger partial charge in [-0.2, -0.15) is 4.31 Å². The standard InChI is InChI=1S/C26H28N2O5S/c1-20(21-8-4-2-5-9-21)18-26(29)27-24-19-23(34(30,31)28-14-16-32-17-15-28)12-13-25(24)33-22-10-6-3-7-11-22/h2-13,19-20H,14-18H2,1H3,(H,27,29). The molecule has 0 saturated carbocycles. The number of sulfonamides is 1. The Bertz CT molecular complexity index is 1210. The average molecular weight is 481 g/mol. The second kappa shape index (κ2) is 10.8. The molecular weight excluding hydrogens is 452 g/mol. The molecule has 1 heterocycles. The van der Waals surface area contributed by atoms with E-state index in [1.807, 2.05) is 55.5 Å². The number of anilines is 1. The van der Waals surface area contributed by atoms with Gasteiger partial charge in [0.2, 0.25) is 15.9 Å². The summed E-state index contributed by atoms with van der Waals surface area (Å²) < 4.78 is 39.0. The van der Waals surface area contributed by atoms with Crippen LogP contribution in [0.4, 0.5) is 5.69 Å². The van der Waals surface area contributed by atoms with Crippen LogP contribution in [0.1, 0.15) is 24.8 Å². The SMILES string of the molecule is CC(CC(=O)Nc1cc(S(=O)(=O)N2CCOCC2)ccc1Oc1ccccc1)c1ccccc1. The van der Waals surface area contributed by atoms with Crippen LogP contribution in [-0.2, 0) is 19.6 Å². The van der Waals surface area contributed by atoms with Crippen molar-refractivity contribution >= 4 is 21.6 Å². The van der Waals surface area contributed by atoms with Crippen molar-refractivity contribution in [2.75, 3.05) is 31.6 Å². The van der Waals surface area contributed by atoms with Gasteiger partial charge in [-0.1, -0.05) is 55.5 Å². The second-order valence-corrected chi connectivity index (χ2v) is 10.1. The van der Waals surface area contributed by atoms with E-state index in [1.165, 1.54) is 16.4 Å². The Kier molecular flexibility index (Phi) is 7.62. The maximum absolute atomic E-state index is 13.2. The third-order valence-corrected chi connectivity index (χ3v) is 7.56. The van der Waals surface area contributed by atoms with Crippen molar-refractivity contribution in [3.05, 3.63) is 84.4 Å². The number of hydrogen-bond acceptors (Lipinski definition) is 5. The van der Waals surface area contributed by atoms with Crippen LogP contribution in [0.3, 0.4) is 0 Å². The minimum atomic E-state index is -3.73. The van der Waals surface area contributed by atoms with Gasteiger partial charge >= 0.3 is 0 Å². The summed E-state index contributed by atoms with van der Waals surface area (Å²) in [6.45, 7) is 3.28. The quantitative estimate of drug-likeness (QED) is 0.508. The molecule has 0 spiro atoms. The molecule has 0 bridgehead atoms. The highest BCUT2D eigenvalue weighted by Crippen LogP contribution is 2.33.